The zero-order valence-corrected chi connectivity index (χ0v) is 10.7. The number of nitrogens with two attached hydrogens (primary N) is 1. The van der Waals surface area contributed by atoms with Gasteiger partial charge in [0.2, 0.25) is 0 Å². The average molecular weight is 263 g/mol. The summed E-state index contributed by atoms with van der Waals surface area (Å²) in [7, 11) is 0. The van der Waals surface area contributed by atoms with Crippen LogP contribution in [0, 0.1) is 0 Å². The molecular weight excluding hydrogens is 250 g/mol. The summed E-state index contributed by atoms with van der Waals surface area (Å²) in [4.78, 5) is 8.41. The lowest BCUT2D eigenvalue weighted by molar-refractivity contribution is 0.483. The first-order chi connectivity index (χ1) is 9.81. The van der Waals surface area contributed by atoms with Crippen molar-refractivity contribution in [1.82, 2.24) is 9.97 Å². The van der Waals surface area contributed by atoms with Crippen LogP contribution in [0.4, 0.5) is 5.82 Å². The number of nitrogens with zero attached hydrogens (tertiary/aromatic N) is 2. The van der Waals surface area contributed by atoms with Gasteiger partial charge in [0.25, 0.3) is 0 Å². The smallest absolute Gasteiger partial charge is 0.161 e. The third-order valence-electron chi connectivity index (χ3n) is 2.75. The van der Waals surface area contributed by atoms with Crippen LogP contribution in [0.3, 0.4) is 0 Å². The number of aromatic nitrogens is 2. The fourth-order valence-electron chi connectivity index (χ4n) is 1.84. The standard InChI is InChI=1S/C16H13N3O/c17-15-9-10-18-16(19-15)12-5-4-8-14(11-12)20-13-6-2-1-3-7-13/h1-11H,(H2,17,18,19). The van der Waals surface area contributed by atoms with Crippen LogP contribution in [0.25, 0.3) is 11.4 Å². The van der Waals surface area contributed by atoms with Crippen molar-refractivity contribution in [2.45, 2.75) is 0 Å². The van der Waals surface area contributed by atoms with Gasteiger partial charge in [-0.25, -0.2) is 9.97 Å². The van der Waals surface area contributed by atoms with E-state index in [4.69, 9.17) is 10.5 Å². The number of rotatable bonds is 3. The first-order valence-corrected chi connectivity index (χ1v) is 6.23. The molecule has 1 heterocycles. The van der Waals surface area contributed by atoms with E-state index in [-0.39, 0.29) is 0 Å². The molecule has 0 amide bonds. The molecule has 2 aromatic carbocycles. The molecule has 0 radical (unpaired) electrons. The Morgan fingerprint density at radius 3 is 2.45 bits per heavy atom. The number of hydrogen-bond donors (Lipinski definition) is 1. The number of para-hydroxylation sites is 1. The number of anilines is 1. The molecule has 0 atom stereocenters. The van der Waals surface area contributed by atoms with Crippen molar-refractivity contribution in [3.05, 3.63) is 66.9 Å². The van der Waals surface area contributed by atoms with Gasteiger partial charge in [-0.3, -0.25) is 0 Å². The third kappa shape index (κ3) is 2.75. The molecule has 4 heteroatoms. The van der Waals surface area contributed by atoms with Crippen LogP contribution >= 0.6 is 0 Å². The van der Waals surface area contributed by atoms with Gasteiger partial charge in [-0.1, -0.05) is 30.3 Å². The molecule has 1 aromatic heterocycles. The molecule has 98 valence electrons. The number of benzene rings is 2. The summed E-state index contributed by atoms with van der Waals surface area (Å²) in [6, 6.07) is 18.9. The summed E-state index contributed by atoms with van der Waals surface area (Å²) in [5, 5.41) is 0. The monoisotopic (exact) mass is 263 g/mol. The normalized spacial score (nSPS) is 10.2. The van der Waals surface area contributed by atoms with Crippen LogP contribution in [0.1, 0.15) is 0 Å². The minimum atomic E-state index is 0.449. The van der Waals surface area contributed by atoms with E-state index in [1.165, 1.54) is 0 Å². The fraction of sp³-hybridized carbons (Fsp3) is 0. The lowest BCUT2D eigenvalue weighted by atomic mass is 10.2. The largest absolute Gasteiger partial charge is 0.457 e. The lowest BCUT2D eigenvalue weighted by Crippen LogP contribution is -1.94. The fourth-order valence-corrected chi connectivity index (χ4v) is 1.84. The molecule has 2 N–H and O–H groups in total. The summed E-state index contributed by atoms with van der Waals surface area (Å²) in [5.41, 5.74) is 6.54. The highest BCUT2D eigenvalue weighted by molar-refractivity contribution is 5.59. The van der Waals surface area contributed by atoms with Gasteiger partial charge in [-0.15, -0.1) is 0 Å². The Morgan fingerprint density at radius 2 is 1.65 bits per heavy atom. The quantitative estimate of drug-likeness (QED) is 0.785. The van der Waals surface area contributed by atoms with Crippen molar-refractivity contribution in [1.29, 1.82) is 0 Å². The van der Waals surface area contributed by atoms with Gasteiger partial charge in [0.15, 0.2) is 5.82 Å². The Labute approximate surface area is 116 Å². The van der Waals surface area contributed by atoms with Crippen LogP contribution in [0.5, 0.6) is 11.5 Å². The van der Waals surface area contributed by atoms with Crippen molar-refractivity contribution < 1.29 is 4.74 Å². The molecule has 0 fully saturated rings. The van der Waals surface area contributed by atoms with Crippen molar-refractivity contribution in [3.63, 3.8) is 0 Å². The van der Waals surface area contributed by atoms with Crippen LogP contribution in [0.2, 0.25) is 0 Å². The highest BCUT2D eigenvalue weighted by Crippen LogP contribution is 2.25. The molecule has 0 unspecified atom stereocenters. The number of hydrogen-bond acceptors (Lipinski definition) is 4. The van der Waals surface area contributed by atoms with Crippen LogP contribution in [0.15, 0.2) is 66.9 Å². The Balaban J connectivity index is 1.90. The number of nitrogen functional groups attached to an aromatic ring is 1. The molecule has 4 nitrogen and oxygen atoms in total. The molecule has 3 rings (SSSR count). The third-order valence-corrected chi connectivity index (χ3v) is 2.75. The first kappa shape index (κ1) is 12.2. The predicted octanol–water partition coefficient (Wildman–Crippen LogP) is 3.52. The molecule has 3 aromatic rings. The molecule has 0 saturated heterocycles. The van der Waals surface area contributed by atoms with E-state index in [0.717, 1.165) is 17.1 Å². The molecule has 0 saturated carbocycles. The van der Waals surface area contributed by atoms with Crippen LogP contribution in [-0.4, -0.2) is 9.97 Å². The van der Waals surface area contributed by atoms with Crippen molar-refractivity contribution in [3.8, 4) is 22.9 Å². The van der Waals surface area contributed by atoms with E-state index >= 15 is 0 Å². The Bertz CT molecular complexity index is 714. The summed E-state index contributed by atoms with van der Waals surface area (Å²) < 4.78 is 5.78. The van der Waals surface area contributed by atoms with E-state index in [1.807, 2.05) is 54.6 Å². The Kier molecular flexibility index (Phi) is 3.29. The first-order valence-electron chi connectivity index (χ1n) is 6.23. The number of ether oxygens (including phenoxy) is 1. The highest BCUT2D eigenvalue weighted by atomic mass is 16.5. The van der Waals surface area contributed by atoms with Crippen LogP contribution < -0.4 is 10.5 Å². The van der Waals surface area contributed by atoms with E-state index in [9.17, 15) is 0 Å². The second-order valence-electron chi connectivity index (χ2n) is 4.25. The maximum Gasteiger partial charge on any atom is 0.161 e. The van der Waals surface area contributed by atoms with Gasteiger partial charge in [-0.2, -0.15) is 0 Å². The van der Waals surface area contributed by atoms with Gasteiger partial charge >= 0.3 is 0 Å². The maximum absolute atomic E-state index is 5.78. The summed E-state index contributed by atoms with van der Waals surface area (Å²) >= 11 is 0. The topological polar surface area (TPSA) is 61.0 Å². The zero-order chi connectivity index (χ0) is 13.8. The van der Waals surface area contributed by atoms with Gasteiger partial charge in [-0.05, 0) is 30.3 Å². The predicted molar refractivity (Wildman–Crippen MR) is 78.4 cm³/mol. The van der Waals surface area contributed by atoms with Crippen molar-refractivity contribution >= 4 is 5.82 Å². The molecule has 0 aliphatic heterocycles. The maximum atomic E-state index is 5.78. The zero-order valence-electron chi connectivity index (χ0n) is 10.7. The van der Waals surface area contributed by atoms with Gasteiger partial charge < -0.3 is 10.5 Å². The summed E-state index contributed by atoms with van der Waals surface area (Å²) in [6.07, 6.45) is 1.64. The lowest BCUT2D eigenvalue weighted by Gasteiger charge is -2.07. The SMILES string of the molecule is Nc1ccnc(-c2cccc(Oc3ccccc3)c2)n1. The van der Waals surface area contributed by atoms with Crippen LogP contribution in [-0.2, 0) is 0 Å². The van der Waals surface area contributed by atoms with Gasteiger partial charge in [0.05, 0.1) is 0 Å². The van der Waals surface area contributed by atoms with E-state index in [2.05, 4.69) is 9.97 Å². The van der Waals surface area contributed by atoms with E-state index in [1.54, 1.807) is 12.3 Å². The van der Waals surface area contributed by atoms with Gasteiger partial charge in [0, 0.05) is 11.8 Å². The minimum Gasteiger partial charge on any atom is -0.457 e. The molecule has 20 heavy (non-hydrogen) atoms. The molecular formula is C16H13N3O. The Hall–Kier alpha value is -2.88. The highest BCUT2D eigenvalue weighted by Gasteiger charge is 2.04. The molecule has 0 spiro atoms. The second-order valence-corrected chi connectivity index (χ2v) is 4.25. The average Bonchev–Trinajstić information content (AvgIpc) is 2.49. The Morgan fingerprint density at radius 1 is 0.850 bits per heavy atom. The van der Waals surface area contributed by atoms with Gasteiger partial charge in [0.1, 0.15) is 17.3 Å². The molecule has 0 bridgehead atoms. The molecule has 0 aliphatic rings. The summed E-state index contributed by atoms with van der Waals surface area (Å²) in [5.74, 6) is 2.56. The minimum absolute atomic E-state index is 0.449. The van der Waals surface area contributed by atoms with E-state index in [0.29, 0.717) is 11.6 Å². The van der Waals surface area contributed by atoms with Crippen molar-refractivity contribution in [2.75, 3.05) is 5.73 Å². The summed E-state index contributed by atoms with van der Waals surface area (Å²) in [6.45, 7) is 0. The second kappa shape index (κ2) is 5.40. The van der Waals surface area contributed by atoms with Crippen molar-refractivity contribution in [2.24, 2.45) is 0 Å². The van der Waals surface area contributed by atoms with E-state index < -0.39 is 0 Å². The molecule has 0 aliphatic carbocycles.